The third kappa shape index (κ3) is 4.04. The van der Waals surface area contributed by atoms with E-state index in [2.05, 4.69) is 13.0 Å². The molecule has 0 bridgehead atoms. The fourth-order valence-corrected chi connectivity index (χ4v) is 2.99. The summed E-state index contributed by atoms with van der Waals surface area (Å²) in [7, 11) is 1.69. The van der Waals surface area contributed by atoms with Crippen LogP contribution in [0.4, 0.5) is 0 Å². The Kier molecular flexibility index (Phi) is 5.90. The summed E-state index contributed by atoms with van der Waals surface area (Å²) in [6.45, 7) is 4.30. The molecule has 0 N–H and O–H groups in total. The Morgan fingerprint density at radius 2 is 1.73 bits per heavy atom. The van der Waals surface area contributed by atoms with Crippen molar-refractivity contribution < 1.29 is 14.3 Å². The quantitative estimate of drug-likeness (QED) is 0.730. The number of hydrogen-bond acceptors (Lipinski definition) is 4. The zero-order chi connectivity index (χ0) is 15.9. The molecule has 0 amide bonds. The highest BCUT2D eigenvalue weighted by molar-refractivity contribution is 7.99. The van der Waals surface area contributed by atoms with E-state index in [9.17, 15) is 4.79 Å². The van der Waals surface area contributed by atoms with Crippen LogP contribution in [0.5, 0.6) is 5.75 Å². The van der Waals surface area contributed by atoms with Gasteiger partial charge in [0.15, 0.2) is 0 Å². The van der Waals surface area contributed by atoms with E-state index in [1.165, 1.54) is 5.56 Å². The molecule has 0 aliphatic heterocycles. The van der Waals surface area contributed by atoms with Crippen molar-refractivity contribution in [3.05, 3.63) is 53.6 Å². The molecule has 3 nitrogen and oxygen atoms in total. The molecule has 116 valence electrons. The maximum absolute atomic E-state index is 11.6. The van der Waals surface area contributed by atoms with E-state index in [-0.39, 0.29) is 5.97 Å². The third-order valence-electron chi connectivity index (χ3n) is 3.23. The second-order valence-corrected chi connectivity index (χ2v) is 5.82. The van der Waals surface area contributed by atoms with E-state index >= 15 is 0 Å². The summed E-state index contributed by atoms with van der Waals surface area (Å²) in [5.41, 5.74) is 1.77. The molecule has 0 saturated carbocycles. The number of methoxy groups -OCH3 is 1. The van der Waals surface area contributed by atoms with Gasteiger partial charge in [-0.05, 0) is 61.4 Å². The molecule has 2 aromatic carbocycles. The van der Waals surface area contributed by atoms with Gasteiger partial charge in [-0.25, -0.2) is 4.79 Å². The Morgan fingerprint density at radius 1 is 1.05 bits per heavy atom. The molecule has 2 rings (SSSR count). The molecule has 2 aromatic rings. The lowest BCUT2D eigenvalue weighted by Crippen LogP contribution is -2.03. The van der Waals surface area contributed by atoms with Crippen LogP contribution in [0.3, 0.4) is 0 Å². The molecule has 0 aromatic heterocycles. The van der Waals surface area contributed by atoms with Gasteiger partial charge in [0.25, 0.3) is 0 Å². The predicted molar refractivity (Wildman–Crippen MR) is 88.9 cm³/mol. The van der Waals surface area contributed by atoms with E-state index in [4.69, 9.17) is 9.47 Å². The molecular weight excluding hydrogens is 296 g/mol. The molecule has 0 radical (unpaired) electrons. The molecule has 0 atom stereocenters. The second-order valence-electron chi connectivity index (χ2n) is 4.67. The first-order valence-electron chi connectivity index (χ1n) is 7.29. The summed E-state index contributed by atoms with van der Waals surface area (Å²) >= 11 is 1.66. The highest BCUT2D eigenvalue weighted by atomic mass is 32.2. The SMILES string of the molecule is CCOC(=O)c1ccc(Sc2ccc(OC)c(CC)c2)cc1. The Labute approximate surface area is 135 Å². The molecule has 0 aliphatic carbocycles. The van der Waals surface area contributed by atoms with Crippen LogP contribution in [-0.2, 0) is 11.2 Å². The average Bonchev–Trinajstić information content (AvgIpc) is 2.55. The minimum atomic E-state index is -0.281. The van der Waals surface area contributed by atoms with Gasteiger partial charge in [0, 0.05) is 9.79 Å². The molecule has 0 unspecified atom stereocenters. The summed E-state index contributed by atoms with van der Waals surface area (Å²) in [6, 6.07) is 13.6. The van der Waals surface area contributed by atoms with Gasteiger partial charge >= 0.3 is 5.97 Å². The van der Waals surface area contributed by atoms with Crippen LogP contribution in [0.15, 0.2) is 52.3 Å². The number of carbonyl (C=O) groups is 1. The zero-order valence-electron chi connectivity index (χ0n) is 13.1. The summed E-state index contributed by atoms with van der Waals surface area (Å²) in [5.74, 6) is 0.640. The van der Waals surface area contributed by atoms with E-state index in [0.29, 0.717) is 12.2 Å². The first-order chi connectivity index (χ1) is 10.7. The van der Waals surface area contributed by atoms with E-state index in [0.717, 1.165) is 22.0 Å². The Hall–Kier alpha value is -1.94. The summed E-state index contributed by atoms with van der Waals surface area (Å²) in [6.07, 6.45) is 0.930. The van der Waals surface area contributed by atoms with Crippen LogP contribution in [0.2, 0.25) is 0 Å². The lowest BCUT2D eigenvalue weighted by atomic mass is 10.1. The Morgan fingerprint density at radius 3 is 2.32 bits per heavy atom. The van der Waals surface area contributed by atoms with Crippen molar-refractivity contribution in [2.24, 2.45) is 0 Å². The molecule has 22 heavy (non-hydrogen) atoms. The van der Waals surface area contributed by atoms with Crippen LogP contribution >= 0.6 is 11.8 Å². The van der Waals surface area contributed by atoms with Crippen LogP contribution in [0.25, 0.3) is 0 Å². The first kappa shape index (κ1) is 16.4. The maximum Gasteiger partial charge on any atom is 0.338 e. The van der Waals surface area contributed by atoms with Crippen molar-refractivity contribution in [2.75, 3.05) is 13.7 Å². The molecule has 0 saturated heterocycles. The molecule has 0 spiro atoms. The van der Waals surface area contributed by atoms with Crippen molar-refractivity contribution in [3.8, 4) is 5.75 Å². The van der Waals surface area contributed by atoms with Crippen LogP contribution < -0.4 is 4.74 Å². The zero-order valence-corrected chi connectivity index (χ0v) is 13.9. The molecule has 0 fully saturated rings. The highest BCUT2D eigenvalue weighted by Crippen LogP contribution is 2.31. The fraction of sp³-hybridized carbons (Fsp3) is 0.278. The topological polar surface area (TPSA) is 35.5 Å². The van der Waals surface area contributed by atoms with E-state index in [1.54, 1.807) is 37.9 Å². The number of rotatable bonds is 6. The summed E-state index contributed by atoms with van der Waals surface area (Å²) in [4.78, 5) is 13.9. The third-order valence-corrected chi connectivity index (χ3v) is 4.23. The Balaban J connectivity index is 2.12. The van der Waals surface area contributed by atoms with Gasteiger partial charge in [-0.15, -0.1) is 0 Å². The van der Waals surface area contributed by atoms with Crippen LogP contribution in [0, 0.1) is 0 Å². The lowest BCUT2D eigenvalue weighted by molar-refractivity contribution is 0.0526. The van der Waals surface area contributed by atoms with Gasteiger partial charge in [0.2, 0.25) is 0 Å². The van der Waals surface area contributed by atoms with Crippen molar-refractivity contribution in [3.63, 3.8) is 0 Å². The standard InChI is InChI=1S/C18H20O3S/c1-4-13-12-16(10-11-17(13)20-3)22-15-8-6-14(7-9-15)18(19)21-5-2/h6-12H,4-5H2,1-3H3. The number of ether oxygens (including phenoxy) is 2. The maximum atomic E-state index is 11.6. The number of esters is 1. The van der Waals surface area contributed by atoms with Gasteiger partial charge < -0.3 is 9.47 Å². The molecule has 4 heteroatoms. The Bertz CT molecular complexity index is 635. The van der Waals surface area contributed by atoms with E-state index < -0.39 is 0 Å². The monoisotopic (exact) mass is 316 g/mol. The molecule has 0 aliphatic rings. The first-order valence-corrected chi connectivity index (χ1v) is 8.11. The van der Waals surface area contributed by atoms with Gasteiger partial charge in [0.1, 0.15) is 5.75 Å². The number of benzene rings is 2. The van der Waals surface area contributed by atoms with Crippen molar-refractivity contribution in [1.82, 2.24) is 0 Å². The fourth-order valence-electron chi connectivity index (χ4n) is 2.10. The van der Waals surface area contributed by atoms with Crippen molar-refractivity contribution in [1.29, 1.82) is 0 Å². The predicted octanol–water partition coefficient (Wildman–Crippen LogP) is 4.59. The largest absolute Gasteiger partial charge is 0.496 e. The van der Waals surface area contributed by atoms with Gasteiger partial charge in [-0.3, -0.25) is 0 Å². The molecular formula is C18H20O3S. The minimum Gasteiger partial charge on any atom is -0.496 e. The summed E-state index contributed by atoms with van der Waals surface area (Å²) in [5, 5.41) is 0. The van der Waals surface area contributed by atoms with Crippen molar-refractivity contribution in [2.45, 2.75) is 30.1 Å². The van der Waals surface area contributed by atoms with Gasteiger partial charge in [-0.1, -0.05) is 18.7 Å². The van der Waals surface area contributed by atoms with Crippen LogP contribution in [-0.4, -0.2) is 19.7 Å². The number of carbonyl (C=O) groups excluding carboxylic acids is 1. The molecule has 0 heterocycles. The van der Waals surface area contributed by atoms with E-state index in [1.807, 2.05) is 24.3 Å². The van der Waals surface area contributed by atoms with Crippen molar-refractivity contribution >= 4 is 17.7 Å². The average molecular weight is 316 g/mol. The summed E-state index contributed by atoms with van der Waals surface area (Å²) < 4.78 is 10.3. The lowest BCUT2D eigenvalue weighted by Gasteiger charge is -2.09. The van der Waals surface area contributed by atoms with Gasteiger partial charge in [0.05, 0.1) is 19.3 Å². The highest BCUT2D eigenvalue weighted by Gasteiger charge is 2.07. The normalized spacial score (nSPS) is 10.3. The van der Waals surface area contributed by atoms with Crippen LogP contribution in [0.1, 0.15) is 29.8 Å². The van der Waals surface area contributed by atoms with Gasteiger partial charge in [-0.2, -0.15) is 0 Å². The number of aryl methyl sites for hydroxylation is 1. The second kappa shape index (κ2) is 7.90. The minimum absolute atomic E-state index is 0.281. The smallest absolute Gasteiger partial charge is 0.338 e. The number of hydrogen-bond donors (Lipinski definition) is 0.